The number of hydrogen-bond donors (Lipinski definition) is 1. The van der Waals surface area contributed by atoms with Crippen LogP contribution in [0.25, 0.3) is 0 Å². The van der Waals surface area contributed by atoms with Gasteiger partial charge >= 0.3 is 12.4 Å². The normalized spacial score (nSPS) is 15.2. The van der Waals surface area contributed by atoms with Crippen LogP contribution in [0.3, 0.4) is 0 Å². The molecule has 0 amide bonds. The Bertz CT molecular complexity index is 259. The molecule has 0 heterocycles. The summed E-state index contributed by atoms with van der Waals surface area (Å²) in [4.78, 5) is 0. The smallest absolute Gasteiger partial charge is 0.370 e. The number of hydrogen-bond acceptors (Lipinski definition) is 1. The van der Waals surface area contributed by atoms with Crippen molar-refractivity contribution in [1.82, 2.24) is 0 Å². The van der Waals surface area contributed by atoms with Crippen LogP contribution in [0.1, 0.15) is 13.3 Å². The van der Waals surface area contributed by atoms with Crippen LogP contribution >= 0.6 is 0 Å². The first kappa shape index (κ1) is 15.0. The molecule has 0 spiro atoms. The van der Waals surface area contributed by atoms with Crippen molar-refractivity contribution in [3.8, 4) is 0 Å². The standard InChI is InChI=1S/C9H10F6O/c1-2-3-4-5-6-7(16,8(10,11)12)9(13,14)15/h3-6,16H,2H2,1H3. The van der Waals surface area contributed by atoms with E-state index < -0.39 is 18.0 Å². The SMILES string of the molecule is CCC=CC=CC(O)(C(F)(F)F)C(F)(F)F. The first-order valence-electron chi connectivity index (χ1n) is 4.26. The molecule has 16 heavy (non-hydrogen) atoms. The molecule has 0 aliphatic rings. The van der Waals surface area contributed by atoms with Crippen LogP contribution in [0.4, 0.5) is 26.3 Å². The maximum Gasteiger partial charge on any atom is 0.430 e. The molecular formula is C9H10F6O. The molecule has 0 saturated heterocycles. The lowest BCUT2D eigenvalue weighted by molar-refractivity contribution is -0.347. The summed E-state index contributed by atoms with van der Waals surface area (Å²) in [5, 5.41) is 8.61. The van der Waals surface area contributed by atoms with E-state index in [2.05, 4.69) is 0 Å². The zero-order valence-electron chi connectivity index (χ0n) is 8.23. The van der Waals surface area contributed by atoms with Gasteiger partial charge in [-0.15, -0.1) is 0 Å². The number of aliphatic hydroxyl groups is 1. The molecule has 0 aromatic heterocycles. The van der Waals surface area contributed by atoms with Gasteiger partial charge in [-0.25, -0.2) is 0 Å². The van der Waals surface area contributed by atoms with E-state index in [1.165, 1.54) is 6.08 Å². The molecule has 0 aromatic rings. The van der Waals surface area contributed by atoms with Crippen LogP contribution in [0.2, 0.25) is 0 Å². The van der Waals surface area contributed by atoms with E-state index in [-0.39, 0.29) is 6.08 Å². The molecule has 1 nitrogen and oxygen atoms in total. The maximum atomic E-state index is 12.1. The highest BCUT2D eigenvalue weighted by atomic mass is 19.4. The Morgan fingerprint density at radius 3 is 1.69 bits per heavy atom. The fourth-order valence-electron chi connectivity index (χ4n) is 0.759. The Morgan fingerprint density at radius 1 is 0.938 bits per heavy atom. The van der Waals surface area contributed by atoms with Crippen LogP contribution in [-0.4, -0.2) is 23.1 Å². The fraction of sp³-hybridized carbons (Fsp3) is 0.556. The lowest BCUT2D eigenvalue weighted by Gasteiger charge is -2.29. The third-order valence-corrected chi connectivity index (χ3v) is 1.68. The molecule has 0 radical (unpaired) electrons. The molecule has 0 aliphatic heterocycles. The summed E-state index contributed by atoms with van der Waals surface area (Å²) in [7, 11) is 0. The Hall–Kier alpha value is -0.980. The minimum absolute atomic E-state index is 0.320. The van der Waals surface area contributed by atoms with Crippen molar-refractivity contribution < 1.29 is 31.4 Å². The molecular weight excluding hydrogens is 238 g/mol. The molecule has 0 fully saturated rings. The van der Waals surface area contributed by atoms with E-state index in [1.807, 2.05) is 0 Å². The second kappa shape index (κ2) is 4.90. The summed E-state index contributed by atoms with van der Waals surface area (Å²) < 4.78 is 72.4. The molecule has 0 atom stereocenters. The lowest BCUT2D eigenvalue weighted by Crippen LogP contribution is -2.55. The van der Waals surface area contributed by atoms with Gasteiger partial charge in [0.05, 0.1) is 0 Å². The average molecular weight is 248 g/mol. The molecule has 0 aromatic carbocycles. The van der Waals surface area contributed by atoms with Gasteiger partial charge in [0.25, 0.3) is 5.60 Å². The molecule has 0 rings (SSSR count). The highest BCUT2D eigenvalue weighted by Gasteiger charge is 2.68. The van der Waals surface area contributed by atoms with Gasteiger partial charge in [0.2, 0.25) is 0 Å². The van der Waals surface area contributed by atoms with Gasteiger partial charge in [0.15, 0.2) is 0 Å². The Morgan fingerprint density at radius 2 is 1.38 bits per heavy atom. The van der Waals surface area contributed by atoms with E-state index in [0.717, 1.165) is 6.08 Å². The van der Waals surface area contributed by atoms with Crippen LogP contribution in [0.15, 0.2) is 24.3 Å². The first-order valence-corrected chi connectivity index (χ1v) is 4.26. The molecule has 7 heteroatoms. The minimum Gasteiger partial charge on any atom is -0.370 e. The van der Waals surface area contributed by atoms with E-state index >= 15 is 0 Å². The Labute approximate surface area is 88.1 Å². The van der Waals surface area contributed by atoms with Crippen molar-refractivity contribution in [3.63, 3.8) is 0 Å². The van der Waals surface area contributed by atoms with Crippen molar-refractivity contribution >= 4 is 0 Å². The molecule has 1 N–H and O–H groups in total. The van der Waals surface area contributed by atoms with E-state index in [1.54, 1.807) is 6.92 Å². The topological polar surface area (TPSA) is 20.2 Å². The maximum absolute atomic E-state index is 12.1. The zero-order valence-corrected chi connectivity index (χ0v) is 8.23. The third kappa shape index (κ3) is 3.26. The summed E-state index contributed by atoms with van der Waals surface area (Å²) in [6.45, 7) is 1.66. The quantitative estimate of drug-likeness (QED) is 0.599. The predicted octanol–water partition coefficient (Wildman–Crippen LogP) is 3.36. The van der Waals surface area contributed by atoms with Gasteiger partial charge < -0.3 is 5.11 Å². The second-order valence-corrected chi connectivity index (χ2v) is 2.96. The van der Waals surface area contributed by atoms with Crippen molar-refractivity contribution in [1.29, 1.82) is 0 Å². The number of allylic oxidation sites excluding steroid dienone is 3. The number of alkyl halides is 6. The number of halogens is 6. The highest BCUT2D eigenvalue weighted by molar-refractivity contribution is 5.15. The van der Waals surface area contributed by atoms with Gasteiger partial charge in [-0.1, -0.05) is 25.2 Å². The average Bonchev–Trinajstić information content (AvgIpc) is 2.08. The van der Waals surface area contributed by atoms with Gasteiger partial charge in [0.1, 0.15) is 0 Å². The molecule has 0 saturated carbocycles. The van der Waals surface area contributed by atoms with Gasteiger partial charge in [-0.2, -0.15) is 26.3 Å². The predicted molar refractivity (Wildman–Crippen MR) is 45.6 cm³/mol. The molecule has 0 aliphatic carbocycles. The van der Waals surface area contributed by atoms with Crippen molar-refractivity contribution in [2.75, 3.05) is 0 Å². The summed E-state index contributed by atoms with van der Waals surface area (Å²) in [5.74, 6) is 0. The van der Waals surface area contributed by atoms with E-state index in [0.29, 0.717) is 12.5 Å². The number of rotatable bonds is 3. The monoisotopic (exact) mass is 248 g/mol. The van der Waals surface area contributed by atoms with Crippen LogP contribution < -0.4 is 0 Å². The van der Waals surface area contributed by atoms with Crippen molar-refractivity contribution in [2.24, 2.45) is 0 Å². The largest absolute Gasteiger partial charge is 0.430 e. The van der Waals surface area contributed by atoms with Crippen LogP contribution in [0, 0.1) is 0 Å². The van der Waals surface area contributed by atoms with E-state index in [9.17, 15) is 26.3 Å². The fourth-order valence-corrected chi connectivity index (χ4v) is 0.759. The van der Waals surface area contributed by atoms with Gasteiger partial charge in [0, 0.05) is 0 Å². The molecule has 0 bridgehead atoms. The Kier molecular flexibility index (Phi) is 4.60. The van der Waals surface area contributed by atoms with Crippen LogP contribution in [-0.2, 0) is 0 Å². The van der Waals surface area contributed by atoms with Gasteiger partial charge in [-0.3, -0.25) is 0 Å². The Balaban J connectivity index is 5.13. The minimum atomic E-state index is -5.80. The summed E-state index contributed by atoms with van der Waals surface area (Å²) in [6.07, 6.45) is -8.60. The van der Waals surface area contributed by atoms with Gasteiger partial charge in [-0.05, 0) is 12.5 Å². The third-order valence-electron chi connectivity index (χ3n) is 1.68. The highest BCUT2D eigenvalue weighted by Crippen LogP contribution is 2.43. The van der Waals surface area contributed by atoms with E-state index in [4.69, 9.17) is 5.11 Å². The molecule has 0 unspecified atom stereocenters. The zero-order chi connectivity index (χ0) is 13.0. The van der Waals surface area contributed by atoms with Crippen molar-refractivity contribution in [3.05, 3.63) is 24.3 Å². The summed E-state index contributed by atoms with van der Waals surface area (Å²) in [5.41, 5.74) is -4.81. The van der Waals surface area contributed by atoms with Crippen LogP contribution in [0.5, 0.6) is 0 Å². The van der Waals surface area contributed by atoms with Crippen molar-refractivity contribution in [2.45, 2.75) is 31.3 Å². The molecule has 94 valence electrons. The first-order chi connectivity index (χ1) is 7.06. The summed E-state index contributed by atoms with van der Waals surface area (Å²) >= 11 is 0. The summed E-state index contributed by atoms with van der Waals surface area (Å²) in [6, 6.07) is 0. The lowest BCUT2D eigenvalue weighted by atomic mass is 10.0. The second-order valence-electron chi connectivity index (χ2n) is 2.96.